The molecule has 13 nitrogen and oxygen atoms in total. The van der Waals surface area contributed by atoms with E-state index in [0.717, 1.165) is 16.5 Å². The summed E-state index contributed by atoms with van der Waals surface area (Å²) in [4.78, 5) is 60.5. The molecule has 0 saturated heterocycles. The smallest absolute Gasteiger partial charge is 0.326 e. The van der Waals surface area contributed by atoms with Crippen molar-refractivity contribution in [1.82, 2.24) is 30.9 Å². The van der Waals surface area contributed by atoms with E-state index in [1.807, 2.05) is 24.3 Å². The van der Waals surface area contributed by atoms with E-state index in [0.29, 0.717) is 25.1 Å². The third-order valence-corrected chi connectivity index (χ3v) is 6.38. The van der Waals surface area contributed by atoms with Crippen LogP contribution in [0.25, 0.3) is 10.9 Å². The van der Waals surface area contributed by atoms with Crippen molar-refractivity contribution in [3.63, 3.8) is 0 Å². The molecule has 0 bridgehead atoms. The number of nitrogens with two attached hydrogens (primary N) is 2. The summed E-state index contributed by atoms with van der Waals surface area (Å²) in [5.41, 5.74) is 13.8. The van der Waals surface area contributed by atoms with Crippen molar-refractivity contribution < 1.29 is 24.3 Å². The standard InChI is InChI=1S/C26H36N8O5/c1-15(32-24(36)19(28)11-17-13-29-14-31-17)23(35)34-22(10-16-12-30-20-7-3-2-6-18(16)20)25(37)33-21(26(38)39)8-4-5-9-27/h2-3,6-7,12-15,19,21-22,30H,4-5,8-11,27-28H2,1H3,(H,29,31)(H,32,36)(H,33,37)(H,34,35)(H,38,39). The molecule has 0 fully saturated rings. The second-order valence-electron chi connectivity index (χ2n) is 9.43. The summed E-state index contributed by atoms with van der Waals surface area (Å²) in [7, 11) is 0. The maximum Gasteiger partial charge on any atom is 0.326 e. The first kappa shape index (κ1) is 29.3. The van der Waals surface area contributed by atoms with Crippen LogP contribution in [0.5, 0.6) is 0 Å². The molecule has 4 unspecified atom stereocenters. The first-order valence-electron chi connectivity index (χ1n) is 12.8. The van der Waals surface area contributed by atoms with Gasteiger partial charge in [0.15, 0.2) is 0 Å². The van der Waals surface area contributed by atoms with Crippen molar-refractivity contribution in [3.8, 4) is 0 Å². The Morgan fingerprint density at radius 1 is 0.974 bits per heavy atom. The number of hydrogen-bond acceptors (Lipinski definition) is 7. The Balaban J connectivity index is 1.71. The Labute approximate surface area is 225 Å². The lowest BCUT2D eigenvalue weighted by molar-refractivity contribution is -0.142. The molecule has 0 radical (unpaired) electrons. The Morgan fingerprint density at radius 2 is 1.72 bits per heavy atom. The summed E-state index contributed by atoms with van der Waals surface area (Å²) in [5.74, 6) is -2.99. The number of fused-ring (bicyclic) bond motifs is 1. The summed E-state index contributed by atoms with van der Waals surface area (Å²) in [6, 6.07) is 3.32. The number of unbranched alkanes of at least 4 members (excludes halogenated alkanes) is 1. The second kappa shape index (κ2) is 14.1. The number of carbonyl (C=O) groups is 4. The summed E-state index contributed by atoms with van der Waals surface area (Å²) in [5, 5.41) is 18.3. The number of carbonyl (C=O) groups excluding carboxylic acids is 3. The Kier molecular flexibility index (Phi) is 10.6. The fourth-order valence-electron chi connectivity index (χ4n) is 4.16. The minimum atomic E-state index is -1.18. The van der Waals surface area contributed by atoms with Crippen molar-refractivity contribution in [2.75, 3.05) is 6.54 Å². The number of H-pyrrole nitrogens is 2. The molecule has 3 aromatic rings. The number of rotatable bonds is 15. The van der Waals surface area contributed by atoms with Gasteiger partial charge in [-0.05, 0) is 44.4 Å². The fourth-order valence-corrected chi connectivity index (χ4v) is 4.16. The molecular weight excluding hydrogens is 504 g/mol. The van der Waals surface area contributed by atoms with Gasteiger partial charge in [-0.25, -0.2) is 9.78 Å². The highest BCUT2D eigenvalue weighted by Gasteiger charge is 2.29. The first-order valence-corrected chi connectivity index (χ1v) is 12.8. The number of hydrogen-bond donors (Lipinski definition) is 8. The Hall–Kier alpha value is -4.23. The molecule has 0 aliphatic carbocycles. The molecular formula is C26H36N8O5. The lowest BCUT2D eigenvalue weighted by atomic mass is 10.0. The zero-order valence-corrected chi connectivity index (χ0v) is 21.8. The molecule has 10 N–H and O–H groups in total. The zero-order chi connectivity index (χ0) is 28.4. The van der Waals surface area contributed by atoms with Gasteiger partial charge in [0.1, 0.15) is 18.1 Å². The van der Waals surface area contributed by atoms with E-state index in [-0.39, 0.29) is 19.3 Å². The predicted molar refractivity (Wildman–Crippen MR) is 144 cm³/mol. The van der Waals surface area contributed by atoms with E-state index in [4.69, 9.17) is 11.5 Å². The van der Waals surface area contributed by atoms with Gasteiger partial charge in [-0.2, -0.15) is 0 Å². The Morgan fingerprint density at radius 3 is 2.41 bits per heavy atom. The van der Waals surface area contributed by atoms with Crippen LogP contribution in [0.3, 0.4) is 0 Å². The molecule has 210 valence electrons. The van der Waals surface area contributed by atoms with Crippen LogP contribution in [-0.4, -0.2) is 74.5 Å². The number of benzene rings is 1. The molecule has 13 heteroatoms. The molecule has 0 saturated carbocycles. The highest BCUT2D eigenvalue weighted by atomic mass is 16.4. The molecule has 3 rings (SSSR count). The number of aromatic nitrogens is 3. The number of aromatic amines is 2. The van der Waals surface area contributed by atoms with Crippen molar-refractivity contribution in [1.29, 1.82) is 0 Å². The summed E-state index contributed by atoms with van der Waals surface area (Å²) >= 11 is 0. The minimum Gasteiger partial charge on any atom is -0.480 e. The number of imidazole rings is 1. The molecule has 2 heterocycles. The minimum absolute atomic E-state index is 0.0940. The maximum absolute atomic E-state index is 13.3. The van der Waals surface area contributed by atoms with Gasteiger partial charge < -0.3 is 42.5 Å². The van der Waals surface area contributed by atoms with Crippen LogP contribution in [0.2, 0.25) is 0 Å². The molecule has 2 aromatic heterocycles. The molecule has 0 spiro atoms. The zero-order valence-electron chi connectivity index (χ0n) is 21.8. The van der Waals surface area contributed by atoms with E-state index >= 15 is 0 Å². The van der Waals surface area contributed by atoms with E-state index in [2.05, 4.69) is 30.9 Å². The number of amides is 3. The van der Waals surface area contributed by atoms with Gasteiger partial charge in [0.05, 0.1) is 12.4 Å². The number of carboxylic acids is 1. The average molecular weight is 541 g/mol. The monoisotopic (exact) mass is 540 g/mol. The van der Waals surface area contributed by atoms with Gasteiger partial charge in [0.2, 0.25) is 17.7 Å². The topological polar surface area (TPSA) is 221 Å². The van der Waals surface area contributed by atoms with Gasteiger partial charge in [-0.1, -0.05) is 18.2 Å². The number of aliphatic carboxylic acids is 1. The number of carboxylic acid groups (broad SMARTS) is 1. The lowest BCUT2D eigenvalue weighted by Gasteiger charge is -2.24. The average Bonchev–Trinajstić information content (AvgIpc) is 3.57. The quantitative estimate of drug-likeness (QED) is 0.119. The van der Waals surface area contributed by atoms with Crippen molar-refractivity contribution in [2.24, 2.45) is 11.5 Å². The highest BCUT2D eigenvalue weighted by Crippen LogP contribution is 2.19. The molecule has 3 amide bonds. The van der Waals surface area contributed by atoms with Crippen LogP contribution < -0.4 is 27.4 Å². The van der Waals surface area contributed by atoms with E-state index in [1.54, 1.807) is 12.4 Å². The van der Waals surface area contributed by atoms with Crippen LogP contribution in [0.15, 0.2) is 43.0 Å². The van der Waals surface area contributed by atoms with Gasteiger partial charge in [0.25, 0.3) is 0 Å². The summed E-state index contributed by atoms with van der Waals surface area (Å²) < 4.78 is 0. The SMILES string of the molecule is CC(NC(=O)C(N)Cc1cnc[nH]1)C(=O)NC(Cc1c[nH]c2ccccc12)C(=O)NC(CCCCN)C(=O)O. The second-order valence-corrected chi connectivity index (χ2v) is 9.43. The third kappa shape index (κ3) is 8.38. The highest BCUT2D eigenvalue weighted by molar-refractivity contribution is 5.94. The predicted octanol–water partition coefficient (Wildman–Crippen LogP) is -0.309. The largest absolute Gasteiger partial charge is 0.480 e. The Bertz CT molecular complexity index is 1260. The summed E-state index contributed by atoms with van der Waals surface area (Å²) in [6.45, 7) is 1.89. The van der Waals surface area contributed by atoms with E-state index in [9.17, 15) is 24.3 Å². The van der Waals surface area contributed by atoms with E-state index in [1.165, 1.54) is 13.3 Å². The van der Waals surface area contributed by atoms with Gasteiger partial charge in [0, 0.05) is 41.8 Å². The summed E-state index contributed by atoms with van der Waals surface area (Å²) in [6.07, 6.45) is 6.41. The van der Waals surface area contributed by atoms with Crippen molar-refractivity contribution >= 4 is 34.6 Å². The number of nitrogens with zero attached hydrogens (tertiary/aromatic N) is 1. The van der Waals surface area contributed by atoms with Crippen LogP contribution in [0, 0.1) is 0 Å². The van der Waals surface area contributed by atoms with Crippen LogP contribution in [0.4, 0.5) is 0 Å². The van der Waals surface area contributed by atoms with Crippen molar-refractivity contribution in [3.05, 3.63) is 54.2 Å². The van der Waals surface area contributed by atoms with Crippen molar-refractivity contribution in [2.45, 2.75) is 63.2 Å². The number of nitrogens with one attached hydrogen (secondary N) is 5. The van der Waals surface area contributed by atoms with E-state index < -0.39 is 47.9 Å². The number of para-hydroxylation sites is 1. The van der Waals surface area contributed by atoms with Gasteiger partial charge in [-0.15, -0.1) is 0 Å². The molecule has 1 aromatic carbocycles. The van der Waals surface area contributed by atoms with Gasteiger partial charge >= 0.3 is 5.97 Å². The van der Waals surface area contributed by atoms with Gasteiger partial charge in [-0.3, -0.25) is 14.4 Å². The molecule has 39 heavy (non-hydrogen) atoms. The molecule has 4 atom stereocenters. The fraction of sp³-hybridized carbons (Fsp3) is 0.423. The van der Waals surface area contributed by atoms with Crippen LogP contribution in [-0.2, 0) is 32.0 Å². The third-order valence-electron chi connectivity index (χ3n) is 6.38. The lowest BCUT2D eigenvalue weighted by Crippen LogP contribution is -2.57. The molecule has 0 aliphatic heterocycles. The maximum atomic E-state index is 13.3. The molecule has 0 aliphatic rings. The van der Waals surface area contributed by atoms with Crippen LogP contribution in [0.1, 0.15) is 37.4 Å². The van der Waals surface area contributed by atoms with Crippen LogP contribution >= 0.6 is 0 Å². The normalized spacial score (nSPS) is 14.2. The first-order chi connectivity index (χ1) is 18.7.